The molecule has 1 heterocycles. The molecule has 2 aromatic carbocycles. The fourth-order valence-corrected chi connectivity index (χ4v) is 2.22. The van der Waals surface area contributed by atoms with Gasteiger partial charge in [0.25, 0.3) is 0 Å². The van der Waals surface area contributed by atoms with Gasteiger partial charge in [-0.15, -0.1) is 0 Å². The fourth-order valence-electron chi connectivity index (χ4n) is 2.04. The van der Waals surface area contributed by atoms with Crippen LogP contribution in [0.4, 0.5) is 10.1 Å². The normalized spacial score (nSPS) is 11.6. The molecule has 0 atom stereocenters. The van der Waals surface area contributed by atoms with Crippen LogP contribution in [0.5, 0.6) is 0 Å². The number of nitrogens with one attached hydrogen (secondary N) is 1. The summed E-state index contributed by atoms with van der Waals surface area (Å²) in [7, 11) is 0. The lowest BCUT2D eigenvalue weighted by Crippen LogP contribution is -2.02. The van der Waals surface area contributed by atoms with E-state index in [-0.39, 0.29) is 5.82 Å². The number of hydrogen-bond donors (Lipinski definition) is 2. The number of benzene rings is 2. The molecule has 0 fully saturated rings. The lowest BCUT2D eigenvalue weighted by Gasteiger charge is -2.05. The summed E-state index contributed by atoms with van der Waals surface area (Å²) in [5, 5.41) is 4.64. The number of anilines is 1. The molecule has 3 nitrogen and oxygen atoms in total. The SMILES string of the molecule is N/C(=C\Nc1ccc(F)cc1)c1ccc2cc(Cl)ccc2n1. The second-order valence-corrected chi connectivity index (χ2v) is 5.22. The van der Waals surface area contributed by atoms with Crippen LogP contribution in [0.15, 0.2) is 60.8 Å². The molecule has 0 amide bonds. The molecule has 0 radical (unpaired) electrons. The third-order valence-corrected chi connectivity index (χ3v) is 3.42. The number of nitrogens with two attached hydrogens (primary N) is 1. The molecule has 0 saturated carbocycles. The van der Waals surface area contributed by atoms with Crippen molar-refractivity contribution in [2.45, 2.75) is 0 Å². The van der Waals surface area contributed by atoms with E-state index >= 15 is 0 Å². The van der Waals surface area contributed by atoms with Gasteiger partial charge < -0.3 is 11.1 Å². The molecular weight excluding hydrogens is 301 g/mol. The Morgan fingerprint density at radius 3 is 2.64 bits per heavy atom. The minimum Gasteiger partial charge on any atom is -0.396 e. The predicted octanol–water partition coefficient (Wildman–Crippen LogP) is 4.40. The van der Waals surface area contributed by atoms with Crippen molar-refractivity contribution in [2.75, 3.05) is 5.32 Å². The molecule has 3 rings (SSSR count). The van der Waals surface area contributed by atoms with Crippen LogP contribution >= 0.6 is 11.6 Å². The predicted molar refractivity (Wildman–Crippen MR) is 88.9 cm³/mol. The number of rotatable bonds is 3. The average Bonchev–Trinajstić information content (AvgIpc) is 2.53. The summed E-state index contributed by atoms with van der Waals surface area (Å²) in [6, 6.07) is 15.3. The van der Waals surface area contributed by atoms with Gasteiger partial charge in [0.15, 0.2) is 0 Å². The van der Waals surface area contributed by atoms with Crippen molar-refractivity contribution in [3.8, 4) is 0 Å². The number of halogens is 2. The maximum Gasteiger partial charge on any atom is 0.123 e. The molecule has 0 aliphatic rings. The van der Waals surface area contributed by atoms with Gasteiger partial charge in [-0.05, 0) is 48.5 Å². The summed E-state index contributed by atoms with van der Waals surface area (Å²) in [5.41, 5.74) is 8.74. The van der Waals surface area contributed by atoms with Crippen molar-refractivity contribution in [3.63, 3.8) is 0 Å². The molecule has 0 bridgehead atoms. The quantitative estimate of drug-likeness (QED) is 0.753. The van der Waals surface area contributed by atoms with Crippen molar-refractivity contribution < 1.29 is 4.39 Å². The van der Waals surface area contributed by atoms with Crippen molar-refractivity contribution in [1.29, 1.82) is 0 Å². The Bertz CT molecular complexity index is 844. The molecule has 5 heteroatoms. The zero-order valence-electron chi connectivity index (χ0n) is 11.6. The van der Waals surface area contributed by atoms with E-state index in [4.69, 9.17) is 17.3 Å². The number of fused-ring (bicyclic) bond motifs is 1. The third-order valence-electron chi connectivity index (χ3n) is 3.19. The highest BCUT2D eigenvalue weighted by atomic mass is 35.5. The summed E-state index contributed by atoms with van der Waals surface area (Å²) >= 11 is 5.95. The van der Waals surface area contributed by atoms with E-state index in [0.717, 1.165) is 16.6 Å². The summed E-state index contributed by atoms with van der Waals surface area (Å²) < 4.78 is 12.8. The fraction of sp³-hybridized carbons (Fsp3) is 0. The van der Waals surface area contributed by atoms with Crippen LogP contribution < -0.4 is 11.1 Å². The van der Waals surface area contributed by atoms with Gasteiger partial charge in [0, 0.05) is 22.3 Å². The van der Waals surface area contributed by atoms with Gasteiger partial charge in [0.1, 0.15) is 5.82 Å². The first-order valence-electron chi connectivity index (χ1n) is 6.66. The first-order chi connectivity index (χ1) is 10.6. The van der Waals surface area contributed by atoms with Crippen molar-refractivity contribution in [3.05, 3.63) is 77.3 Å². The molecule has 3 N–H and O–H groups in total. The Balaban J connectivity index is 1.84. The van der Waals surface area contributed by atoms with Crippen molar-refractivity contribution in [2.24, 2.45) is 5.73 Å². The molecule has 0 saturated heterocycles. The van der Waals surface area contributed by atoms with E-state index in [0.29, 0.717) is 16.4 Å². The Labute approximate surface area is 132 Å². The smallest absolute Gasteiger partial charge is 0.123 e. The molecule has 22 heavy (non-hydrogen) atoms. The summed E-state index contributed by atoms with van der Waals surface area (Å²) in [6.07, 6.45) is 1.64. The van der Waals surface area contributed by atoms with E-state index in [1.54, 1.807) is 24.4 Å². The topological polar surface area (TPSA) is 50.9 Å². The summed E-state index contributed by atoms with van der Waals surface area (Å²) in [5.74, 6) is -0.280. The number of aromatic nitrogens is 1. The second kappa shape index (κ2) is 6.03. The Hall–Kier alpha value is -2.59. The van der Waals surface area contributed by atoms with Gasteiger partial charge in [0.2, 0.25) is 0 Å². The minimum atomic E-state index is -0.280. The minimum absolute atomic E-state index is 0.280. The molecule has 110 valence electrons. The average molecular weight is 314 g/mol. The molecule has 1 aromatic heterocycles. The van der Waals surface area contributed by atoms with E-state index in [2.05, 4.69) is 10.3 Å². The van der Waals surface area contributed by atoms with Crippen molar-refractivity contribution in [1.82, 2.24) is 4.98 Å². The van der Waals surface area contributed by atoms with Gasteiger partial charge in [0.05, 0.1) is 16.9 Å². The first-order valence-corrected chi connectivity index (χ1v) is 7.04. The second-order valence-electron chi connectivity index (χ2n) is 4.78. The summed E-state index contributed by atoms with van der Waals surface area (Å²) in [6.45, 7) is 0. The van der Waals surface area contributed by atoms with E-state index in [1.165, 1.54) is 12.1 Å². The maximum absolute atomic E-state index is 12.8. The Kier molecular flexibility index (Phi) is 3.94. The highest BCUT2D eigenvalue weighted by Gasteiger charge is 2.02. The van der Waals surface area contributed by atoms with Crippen LogP contribution in [-0.2, 0) is 0 Å². The molecule has 0 unspecified atom stereocenters. The molecule has 0 aliphatic heterocycles. The Morgan fingerprint density at radius 2 is 1.86 bits per heavy atom. The highest BCUT2D eigenvalue weighted by Crippen LogP contribution is 2.19. The van der Waals surface area contributed by atoms with Crippen LogP contribution in [0.1, 0.15) is 5.69 Å². The van der Waals surface area contributed by atoms with Crippen LogP contribution in [0, 0.1) is 5.82 Å². The lowest BCUT2D eigenvalue weighted by molar-refractivity contribution is 0.628. The van der Waals surface area contributed by atoms with Crippen LogP contribution in [0.2, 0.25) is 5.02 Å². The van der Waals surface area contributed by atoms with E-state index in [1.807, 2.05) is 24.3 Å². The third kappa shape index (κ3) is 3.18. The highest BCUT2D eigenvalue weighted by molar-refractivity contribution is 6.31. The van der Waals surface area contributed by atoms with Gasteiger partial charge in [-0.2, -0.15) is 0 Å². The van der Waals surface area contributed by atoms with Gasteiger partial charge >= 0.3 is 0 Å². The van der Waals surface area contributed by atoms with Gasteiger partial charge in [-0.3, -0.25) is 0 Å². The first kappa shape index (κ1) is 14.4. The largest absolute Gasteiger partial charge is 0.396 e. The molecule has 0 spiro atoms. The van der Waals surface area contributed by atoms with Gasteiger partial charge in [-0.1, -0.05) is 17.7 Å². The lowest BCUT2D eigenvalue weighted by atomic mass is 10.2. The van der Waals surface area contributed by atoms with Crippen molar-refractivity contribution >= 4 is 33.9 Å². The van der Waals surface area contributed by atoms with Crippen LogP contribution in [0.3, 0.4) is 0 Å². The number of pyridine rings is 1. The molecule has 0 aliphatic carbocycles. The molecular formula is C17H13ClFN3. The maximum atomic E-state index is 12.8. The van der Waals surface area contributed by atoms with E-state index < -0.39 is 0 Å². The van der Waals surface area contributed by atoms with Crippen LogP contribution in [0.25, 0.3) is 16.6 Å². The molecule has 3 aromatic rings. The monoisotopic (exact) mass is 313 g/mol. The zero-order chi connectivity index (χ0) is 15.5. The Morgan fingerprint density at radius 1 is 1.09 bits per heavy atom. The zero-order valence-corrected chi connectivity index (χ0v) is 12.3. The van der Waals surface area contributed by atoms with Gasteiger partial charge in [-0.25, -0.2) is 9.37 Å². The number of nitrogens with zero attached hydrogens (tertiary/aromatic N) is 1. The standard InChI is InChI=1S/C17H13ClFN3/c18-12-2-8-16-11(9-12)1-7-17(22-16)15(20)10-21-14-5-3-13(19)4-6-14/h1-10,21H,20H2/b15-10-. The summed E-state index contributed by atoms with van der Waals surface area (Å²) in [4.78, 5) is 4.49. The number of hydrogen-bond acceptors (Lipinski definition) is 3. The van der Waals surface area contributed by atoms with Crippen LogP contribution in [-0.4, -0.2) is 4.98 Å². The van der Waals surface area contributed by atoms with E-state index in [9.17, 15) is 4.39 Å².